The number of para-hydroxylation sites is 2. The number of rotatable bonds is 8. The number of nitrogens with zero attached hydrogens (tertiary/aromatic N) is 1. The Kier molecular flexibility index (Phi) is 6.93. The first kappa shape index (κ1) is 23.4. The summed E-state index contributed by atoms with van der Waals surface area (Å²) in [6.45, 7) is 1.01. The van der Waals surface area contributed by atoms with Crippen molar-refractivity contribution in [3.63, 3.8) is 0 Å². The molecule has 1 N–H and O–H groups in total. The van der Waals surface area contributed by atoms with E-state index < -0.39 is 16.0 Å². The number of hydrogen-bond acceptors (Lipinski definition) is 7. The summed E-state index contributed by atoms with van der Waals surface area (Å²) in [6.07, 6.45) is -0.0910. The second kappa shape index (κ2) is 10.0. The highest BCUT2D eigenvalue weighted by atomic mass is 32.2. The number of benzene rings is 3. The summed E-state index contributed by atoms with van der Waals surface area (Å²) in [7, 11) is -0.497. The molecule has 0 amide bonds. The Labute approximate surface area is 199 Å². The van der Waals surface area contributed by atoms with Gasteiger partial charge in [-0.25, -0.2) is 8.42 Å². The number of ether oxygens (including phenoxy) is 3. The summed E-state index contributed by atoms with van der Waals surface area (Å²) in [5, 5.41) is 0. The number of sulfonamides is 1. The molecule has 178 valence electrons. The fraction of sp³-hybridized carbons (Fsp3) is 0.240. The van der Waals surface area contributed by atoms with E-state index in [1.807, 2.05) is 31.3 Å². The zero-order valence-electron chi connectivity index (χ0n) is 18.9. The molecule has 0 bridgehead atoms. The highest BCUT2D eigenvalue weighted by Crippen LogP contribution is 2.32. The average Bonchev–Trinajstić information content (AvgIpc) is 2.83. The van der Waals surface area contributed by atoms with Gasteiger partial charge in [-0.15, -0.1) is 0 Å². The topological polar surface area (TPSA) is 94.2 Å². The summed E-state index contributed by atoms with van der Waals surface area (Å²) >= 11 is 0. The van der Waals surface area contributed by atoms with Crippen LogP contribution in [-0.4, -0.2) is 47.8 Å². The Morgan fingerprint density at radius 2 is 1.85 bits per heavy atom. The van der Waals surface area contributed by atoms with Gasteiger partial charge in [-0.05, 0) is 54.1 Å². The zero-order chi connectivity index (χ0) is 24.1. The van der Waals surface area contributed by atoms with Gasteiger partial charge in [0.1, 0.15) is 24.2 Å². The first-order chi connectivity index (χ1) is 16.3. The number of carbonyl (C=O) groups excluding carboxylic acids is 1. The first-order valence-electron chi connectivity index (χ1n) is 10.7. The standard InChI is InChI=1S/C25H26N2O6S/c1-27-16-21(33-24-9-4-3-8-23(24)27)17-32-20-10-12-22(13-11-20)34(29,30)26-19-7-5-6-18(14-19)15-25(28)31-2/h3-14,21,26H,15-17H2,1-2H3/t21-/m0/s1. The molecule has 0 aliphatic carbocycles. The van der Waals surface area contributed by atoms with Crippen LogP contribution in [0.1, 0.15) is 5.56 Å². The van der Waals surface area contributed by atoms with Crippen molar-refractivity contribution in [1.82, 2.24) is 0 Å². The van der Waals surface area contributed by atoms with E-state index in [0.29, 0.717) is 30.2 Å². The van der Waals surface area contributed by atoms with E-state index in [1.54, 1.807) is 36.4 Å². The van der Waals surface area contributed by atoms with Crippen LogP contribution in [0.4, 0.5) is 11.4 Å². The van der Waals surface area contributed by atoms with E-state index in [0.717, 1.165) is 11.4 Å². The lowest BCUT2D eigenvalue weighted by Gasteiger charge is -2.33. The maximum absolute atomic E-state index is 12.8. The molecule has 9 heteroatoms. The smallest absolute Gasteiger partial charge is 0.309 e. The van der Waals surface area contributed by atoms with Gasteiger partial charge in [0, 0.05) is 12.7 Å². The molecule has 0 saturated heterocycles. The highest BCUT2D eigenvalue weighted by molar-refractivity contribution is 7.92. The summed E-state index contributed by atoms with van der Waals surface area (Å²) in [4.78, 5) is 13.7. The van der Waals surface area contributed by atoms with Crippen LogP contribution in [0.15, 0.2) is 77.7 Å². The SMILES string of the molecule is COC(=O)Cc1cccc(NS(=O)(=O)c2ccc(OC[C@@H]3CN(C)c4ccccc4O3)cc2)c1. The Morgan fingerprint density at radius 1 is 1.09 bits per heavy atom. The van der Waals surface area contributed by atoms with Crippen molar-refractivity contribution < 1.29 is 27.4 Å². The van der Waals surface area contributed by atoms with Crippen LogP contribution in [0.3, 0.4) is 0 Å². The van der Waals surface area contributed by atoms with Crippen LogP contribution >= 0.6 is 0 Å². The molecule has 1 heterocycles. The van der Waals surface area contributed by atoms with Crippen LogP contribution in [0.5, 0.6) is 11.5 Å². The van der Waals surface area contributed by atoms with E-state index in [4.69, 9.17) is 9.47 Å². The fourth-order valence-electron chi connectivity index (χ4n) is 3.68. The van der Waals surface area contributed by atoms with Gasteiger partial charge >= 0.3 is 5.97 Å². The van der Waals surface area contributed by atoms with Crippen molar-refractivity contribution in [3.05, 3.63) is 78.4 Å². The molecule has 0 saturated carbocycles. The molecule has 1 atom stereocenters. The molecule has 4 rings (SSSR count). The van der Waals surface area contributed by atoms with Crippen LogP contribution in [-0.2, 0) is 26.0 Å². The van der Waals surface area contributed by atoms with Crippen molar-refractivity contribution in [1.29, 1.82) is 0 Å². The molecule has 1 aliphatic rings. The Hall–Kier alpha value is -3.72. The van der Waals surface area contributed by atoms with Crippen LogP contribution in [0, 0.1) is 0 Å². The lowest BCUT2D eigenvalue weighted by Crippen LogP contribution is -2.41. The normalized spacial score (nSPS) is 15.1. The van der Waals surface area contributed by atoms with Crippen molar-refractivity contribution in [2.24, 2.45) is 0 Å². The van der Waals surface area contributed by atoms with Gasteiger partial charge in [-0.2, -0.15) is 0 Å². The van der Waals surface area contributed by atoms with Gasteiger partial charge in [0.05, 0.1) is 30.7 Å². The molecule has 0 radical (unpaired) electrons. The van der Waals surface area contributed by atoms with Gasteiger partial charge in [0.2, 0.25) is 0 Å². The molecular formula is C25H26N2O6S. The number of likely N-dealkylation sites (N-methyl/N-ethyl adjacent to an activating group) is 1. The second-order valence-corrected chi connectivity index (χ2v) is 9.61. The Balaban J connectivity index is 1.37. The van der Waals surface area contributed by atoms with Gasteiger partial charge < -0.3 is 19.1 Å². The maximum Gasteiger partial charge on any atom is 0.309 e. The average molecular weight is 483 g/mol. The molecule has 8 nitrogen and oxygen atoms in total. The maximum atomic E-state index is 12.8. The molecule has 0 aromatic heterocycles. The molecular weight excluding hydrogens is 456 g/mol. The zero-order valence-corrected chi connectivity index (χ0v) is 19.7. The van der Waals surface area contributed by atoms with E-state index in [9.17, 15) is 13.2 Å². The van der Waals surface area contributed by atoms with Gasteiger partial charge in [-0.3, -0.25) is 9.52 Å². The highest BCUT2D eigenvalue weighted by Gasteiger charge is 2.23. The lowest BCUT2D eigenvalue weighted by molar-refractivity contribution is -0.139. The minimum atomic E-state index is -3.81. The lowest BCUT2D eigenvalue weighted by atomic mass is 10.1. The molecule has 0 unspecified atom stereocenters. The predicted molar refractivity (Wildman–Crippen MR) is 129 cm³/mol. The van der Waals surface area contributed by atoms with Crippen molar-refractivity contribution in [3.8, 4) is 11.5 Å². The first-order valence-corrected chi connectivity index (χ1v) is 12.2. The minimum Gasteiger partial charge on any atom is -0.490 e. The van der Waals surface area contributed by atoms with Crippen molar-refractivity contribution in [2.75, 3.05) is 36.9 Å². The molecule has 0 fully saturated rings. The minimum absolute atomic E-state index is 0.0597. The Morgan fingerprint density at radius 3 is 2.62 bits per heavy atom. The summed E-state index contributed by atoms with van der Waals surface area (Å²) in [6, 6.07) is 20.7. The molecule has 3 aromatic carbocycles. The number of esters is 1. The number of anilines is 2. The van der Waals surface area contributed by atoms with Gasteiger partial charge in [0.15, 0.2) is 0 Å². The van der Waals surface area contributed by atoms with Crippen LogP contribution in [0.2, 0.25) is 0 Å². The molecule has 1 aliphatic heterocycles. The number of carbonyl (C=O) groups is 1. The number of nitrogens with one attached hydrogen (secondary N) is 1. The van der Waals surface area contributed by atoms with Crippen molar-refractivity contribution in [2.45, 2.75) is 17.4 Å². The third-order valence-electron chi connectivity index (χ3n) is 5.37. The van der Waals surface area contributed by atoms with E-state index in [1.165, 1.54) is 19.2 Å². The largest absolute Gasteiger partial charge is 0.490 e. The number of fused-ring (bicyclic) bond motifs is 1. The van der Waals surface area contributed by atoms with E-state index >= 15 is 0 Å². The summed E-state index contributed by atoms with van der Waals surface area (Å²) in [5.41, 5.74) is 2.05. The van der Waals surface area contributed by atoms with Crippen LogP contribution < -0.4 is 19.1 Å². The fourth-order valence-corrected chi connectivity index (χ4v) is 4.73. The second-order valence-electron chi connectivity index (χ2n) is 7.93. The Bertz CT molecular complexity index is 1260. The van der Waals surface area contributed by atoms with E-state index in [-0.39, 0.29) is 17.4 Å². The molecule has 34 heavy (non-hydrogen) atoms. The summed E-state index contributed by atoms with van der Waals surface area (Å²) < 4.78 is 44.6. The molecule has 3 aromatic rings. The third-order valence-corrected chi connectivity index (χ3v) is 6.77. The van der Waals surface area contributed by atoms with Crippen LogP contribution in [0.25, 0.3) is 0 Å². The van der Waals surface area contributed by atoms with Crippen molar-refractivity contribution >= 4 is 27.4 Å². The number of hydrogen-bond donors (Lipinski definition) is 1. The summed E-state index contributed by atoms with van der Waals surface area (Å²) in [5.74, 6) is 0.960. The monoisotopic (exact) mass is 482 g/mol. The molecule has 0 spiro atoms. The van der Waals surface area contributed by atoms with Gasteiger partial charge in [0.25, 0.3) is 10.0 Å². The third kappa shape index (κ3) is 5.60. The number of methoxy groups -OCH3 is 1. The predicted octanol–water partition coefficient (Wildman–Crippen LogP) is 3.48. The van der Waals surface area contributed by atoms with Gasteiger partial charge in [-0.1, -0.05) is 24.3 Å². The van der Waals surface area contributed by atoms with E-state index in [2.05, 4.69) is 14.4 Å². The quantitative estimate of drug-likeness (QED) is 0.491.